The highest BCUT2D eigenvalue weighted by molar-refractivity contribution is 6.23. The maximum absolute atomic E-state index is 12.6. The molecule has 0 saturated carbocycles. The van der Waals surface area contributed by atoms with Crippen molar-refractivity contribution in [2.45, 2.75) is 33.2 Å². The molecule has 0 aromatic heterocycles. The molecule has 0 bridgehead atoms. The van der Waals surface area contributed by atoms with E-state index in [1.807, 2.05) is 13.8 Å². The summed E-state index contributed by atoms with van der Waals surface area (Å²) in [5.41, 5.74) is -0.468. The van der Waals surface area contributed by atoms with Crippen molar-refractivity contribution >= 4 is 17.7 Å². The van der Waals surface area contributed by atoms with Crippen LogP contribution in [0.15, 0.2) is 24.3 Å². The fourth-order valence-electron chi connectivity index (χ4n) is 2.69. The third-order valence-electron chi connectivity index (χ3n) is 3.93. The smallest absolute Gasteiger partial charge is 0.262 e. The Labute approximate surface area is 124 Å². The fourth-order valence-corrected chi connectivity index (χ4v) is 2.69. The van der Waals surface area contributed by atoms with Gasteiger partial charge in [0, 0.05) is 13.1 Å². The van der Waals surface area contributed by atoms with Gasteiger partial charge in [0.1, 0.15) is 5.54 Å². The Morgan fingerprint density at radius 3 is 1.86 bits per heavy atom. The minimum atomic E-state index is -1.20. The molecule has 0 atom stereocenters. The number of imide groups is 1. The number of fused-ring (bicyclic) bond motifs is 1. The minimum Gasteiger partial charge on any atom is -0.341 e. The summed E-state index contributed by atoms with van der Waals surface area (Å²) in [6.45, 7) is 8.08. The van der Waals surface area contributed by atoms with Crippen molar-refractivity contribution in [3.05, 3.63) is 35.4 Å². The predicted molar refractivity (Wildman–Crippen MR) is 78.9 cm³/mol. The van der Waals surface area contributed by atoms with Gasteiger partial charge in [-0.1, -0.05) is 12.1 Å². The molecule has 5 heteroatoms. The summed E-state index contributed by atoms with van der Waals surface area (Å²) in [4.78, 5) is 40.3. The average Bonchev–Trinajstić information content (AvgIpc) is 2.73. The highest BCUT2D eigenvalue weighted by Crippen LogP contribution is 2.30. The molecule has 0 aliphatic carbocycles. The monoisotopic (exact) mass is 288 g/mol. The van der Waals surface area contributed by atoms with E-state index in [4.69, 9.17) is 0 Å². The Bertz CT molecular complexity index is 568. The van der Waals surface area contributed by atoms with Crippen LogP contribution in [-0.4, -0.2) is 46.1 Å². The van der Waals surface area contributed by atoms with E-state index in [0.717, 1.165) is 4.90 Å². The van der Waals surface area contributed by atoms with Crippen LogP contribution in [0.5, 0.6) is 0 Å². The lowest BCUT2D eigenvalue weighted by molar-refractivity contribution is -0.139. The quantitative estimate of drug-likeness (QED) is 0.795. The van der Waals surface area contributed by atoms with Crippen molar-refractivity contribution in [2.75, 3.05) is 13.1 Å². The van der Waals surface area contributed by atoms with Crippen LogP contribution in [0.3, 0.4) is 0 Å². The summed E-state index contributed by atoms with van der Waals surface area (Å²) >= 11 is 0. The van der Waals surface area contributed by atoms with Crippen LogP contribution in [0.25, 0.3) is 0 Å². The fraction of sp³-hybridized carbons (Fsp3) is 0.438. The number of benzene rings is 1. The van der Waals surface area contributed by atoms with Gasteiger partial charge in [0.25, 0.3) is 11.8 Å². The SMILES string of the molecule is CCN(CC)C(=O)C(C)(C)N1C(=O)c2ccccc2C1=O. The summed E-state index contributed by atoms with van der Waals surface area (Å²) in [5.74, 6) is -1.02. The zero-order valence-electron chi connectivity index (χ0n) is 12.8. The number of amides is 3. The molecule has 1 aromatic rings. The Morgan fingerprint density at radius 2 is 1.48 bits per heavy atom. The molecule has 3 amide bonds. The van der Waals surface area contributed by atoms with Gasteiger partial charge >= 0.3 is 0 Å². The van der Waals surface area contributed by atoms with Gasteiger partial charge in [-0.3, -0.25) is 19.3 Å². The third kappa shape index (κ3) is 2.22. The summed E-state index contributed by atoms with van der Waals surface area (Å²) < 4.78 is 0. The molecule has 5 nitrogen and oxygen atoms in total. The molecule has 0 N–H and O–H groups in total. The second kappa shape index (κ2) is 5.31. The van der Waals surface area contributed by atoms with E-state index in [-0.39, 0.29) is 5.91 Å². The maximum Gasteiger partial charge on any atom is 0.262 e. The molecule has 0 radical (unpaired) electrons. The lowest BCUT2D eigenvalue weighted by Gasteiger charge is -2.36. The molecule has 2 rings (SSSR count). The van der Waals surface area contributed by atoms with Crippen LogP contribution in [0.4, 0.5) is 0 Å². The van der Waals surface area contributed by atoms with E-state index in [9.17, 15) is 14.4 Å². The van der Waals surface area contributed by atoms with E-state index in [1.54, 1.807) is 43.0 Å². The van der Waals surface area contributed by atoms with Gasteiger partial charge in [0.2, 0.25) is 5.91 Å². The molecule has 21 heavy (non-hydrogen) atoms. The van der Waals surface area contributed by atoms with Crippen LogP contribution >= 0.6 is 0 Å². The Hall–Kier alpha value is -2.17. The molecule has 0 saturated heterocycles. The first-order valence-electron chi connectivity index (χ1n) is 7.13. The van der Waals surface area contributed by atoms with E-state index in [0.29, 0.717) is 24.2 Å². The summed E-state index contributed by atoms with van der Waals surface area (Å²) in [5, 5.41) is 0. The molecule has 1 aliphatic heterocycles. The van der Waals surface area contributed by atoms with Gasteiger partial charge in [-0.25, -0.2) is 0 Å². The highest BCUT2D eigenvalue weighted by Gasteiger charge is 2.48. The maximum atomic E-state index is 12.6. The molecular formula is C16H20N2O3. The Kier molecular flexibility index (Phi) is 3.85. The van der Waals surface area contributed by atoms with E-state index in [1.165, 1.54) is 0 Å². The van der Waals surface area contributed by atoms with Crippen molar-refractivity contribution in [1.29, 1.82) is 0 Å². The van der Waals surface area contributed by atoms with Crippen LogP contribution in [0, 0.1) is 0 Å². The van der Waals surface area contributed by atoms with Gasteiger partial charge < -0.3 is 4.90 Å². The largest absolute Gasteiger partial charge is 0.341 e. The van der Waals surface area contributed by atoms with Crippen LogP contribution < -0.4 is 0 Å². The Morgan fingerprint density at radius 1 is 1.05 bits per heavy atom. The van der Waals surface area contributed by atoms with Crippen molar-refractivity contribution in [1.82, 2.24) is 9.80 Å². The second-order valence-electron chi connectivity index (χ2n) is 5.53. The minimum absolute atomic E-state index is 0.220. The second-order valence-corrected chi connectivity index (χ2v) is 5.53. The number of hydrogen-bond donors (Lipinski definition) is 0. The lowest BCUT2D eigenvalue weighted by Crippen LogP contribution is -2.58. The average molecular weight is 288 g/mol. The zero-order valence-corrected chi connectivity index (χ0v) is 12.8. The molecule has 0 unspecified atom stereocenters. The standard InChI is InChI=1S/C16H20N2O3/c1-5-17(6-2)15(21)16(3,4)18-13(19)11-9-7-8-10-12(11)14(18)20/h7-10H,5-6H2,1-4H3. The number of rotatable bonds is 4. The first-order chi connectivity index (χ1) is 9.86. The van der Waals surface area contributed by atoms with Gasteiger partial charge in [0.15, 0.2) is 0 Å². The van der Waals surface area contributed by atoms with Gasteiger partial charge in [-0.2, -0.15) is 0 Å². The topological polar surface area (TPSA) is 57.7 Å². The summed E-state index contributed by atoms with van der Waals surface area (Å²) in [6.07, 6.45) is 0. The van der Waals surface area contributed by atoms with Gasteiger partial charge in [-0.05, 0) is 39.8 Å². The zero-order chi connectivity index (χ0) is 15.8. The van der Waals surface area contributed by atoms with Crippen molar-refractivity contribution in [2.24, 2.45) is 0 Å². The lowest BCUT2D eigenvalue weighted by atomic mass is 10.0. The number of carbonyl (C=O) groups is 3. The van der Waals surface area contributed by atoms with E-state index in [2.05, 4.69) is 0 Å². The number of carbonyl (C=O) groups excluding carboxylic acids is 3. The molecule has 1 aromatic carbocycles. The van der Waals surface area contributed by atoms with Crippen molar-refractivity contribution in [3.63, 3.8) is 0 Å². The van der Waals surface area contributed by atoms with Crippen LogP contribution in [0.2, 0.25) is 0 Å². The van der Waals surface area contributed by atoms with Crippen LogP contribution in [-0.2, 0) is 4.79 Å². The number of hydrogen-bond acceptors (Lipinski definition) is 3. The molecule has 112 valence electrons. The first-order valence-corrected chi connectivity index (χ1v) is 7.13. The van der Waals surface area contributed by atoms with Crippen molar-refractivity contribution < 1.29 is 14.4 Å². The molecule has 1 aliphatic rings. The summed E-state index contributed by atoms with van der Waals surface area (Å²) in [7, 11) is 0. The number of likely N-dealkylation sites (N-methyl/N-ethyl adjacent to an activating group) is 1. The van der Waals surface area contributed by atoms with Crippen molar-refractivity contribution in [3.8, 4) is 0 Å². The third-order valence-corrected chi connectivity index (χ3v) is 3.93. The predicted octanol–water partition coefficient (Wildman–Crippen LogP) is 1.93. The first kappa shape index (κ1) is 15.2. The van der Waals surface area contributed by atoms with E-state index < -0.39 is 17.4 Å². The molecule has 0 spiro atoms. The molecule has 1 heterocycles. The van der Waals surface area contributed by atoms with E-state index >= 15 is 0 Å². The van der Waals surface area contributed by atoms with Crippen LogP contribution in [0.1, 0.15) is 48.4 Å². The van der Waals surface area contributed by atoms with Gasteiger partial charge in [0.05, 0.1) is 11.1 Å². The summed E-state index contributed by atoms with van der Waals surface area (Å²) in [6, 6.07) is 6.67. The highest BCUT2D eigenvalue weighted by atomic mass is 16.2. The van der Waals surface area contributed by atoms with Gasteiger partial charge in [-0.15, -0.1) is 0 Å². The normalized spacial score (nSPS) is 14.4. The molecular weight excluding hydrogens is 268 g/mol. The molecule has 0 fully saturated rings. The Balaban J connectivity index is 2.41. The number of nitrogens with zero attached hydrogens (tertiary/aromatic N) is 2.